The number of allylic oxidation sites excluding steroid dienone is 1. The molecule has 20 rings (SSSR count). The van der Waals surface area contributed by atoms with E-state index >= 15 is 0 Å². The van der Waals surface area contributed by atoms with Gasteiger partial charge in [-0.05, 0) is 196 Å². The van der Waals surface area contributed by atoms with Gasteiger partial charge in [0.1, 0.15) is 37.3 Å². The van der Waals surface area contributed by atoms with Crippen molar-refractivity contribution in [2.24, 2.45) is 56.9 Å². The van der Waals surface area contributed by atoms with Gasteiger partial charge in [-0.3, -0.25) is 24.2 Å². The van der Waals surface area contributed by atoms with Gasteiger partial charge in [0.25, 0.3) is 22.2 Å². The number of benzene rings is 4. The molecule has 130 heavy (non-hydrogen) atoms. The lowest BCUT2D eigenvalue weighted by atomic mass is 9.95. The Morgan fingerprint density at radius 2 is 0.708 bits per heavy atom. The van der Waals surface area contributed by atoms with E-state index in [2.05, 4.69) is 108 Å². The SMILES string of the molecule is CC1CCN(c2ncc(Cl)c(Nc3ccc4c(c3)cc(-c3ncc[nH]3)c(=O)n4C)n2)CC1.CC1CCN(c2ncc(Cl)c(Nc3ccc4c(c3)cc(-n3cccc3)c(=O)n4C)n2)CC1.CCC1CCN(c2ncc(Cl)c(Nc3ccc4c(c3)cc(-n3cccc3)c(=O)n4C)n2)CC1.CCC1CCN(c2ncc(Cl)c(Nc3ccc4c(c3)cc(C3=CCN=C3)c(=O)n4C)n2)CC1. The van der Waals surface area contributed by atoms with Gasteiger partial charge < -0.3 is 73.3 Å². The zero-order valence-corrected chi connectivity index (χ0v) is 76.8. The summed E-state index contributed by atoms with van der Waals surface area (Å²) in [5.41, 5.74) is 9.76. The van der Waals surface area contributed by atoms with Crippen molar-refractivity contribution in [3.05, 3.63) is 256 Å². The van der Waals surface area contributed by atoms with Crippen LogP contribution in [-0.4, -0.2) is 142 Å². The van der Waals surface area contributed by atoms with Gasteiger partial charge in [-0.2, -0.15) is 19.9 Å². The van der Waals surface area contributed by atoms with E-state index < -0.39 is 0 Å². The van der Waals surface area contributed by atoms with Crippen molar-refractivity contribution in [1.82, 2.24) is 77.2 Å². The van der Waals surface area contributed by atoms with E-state index in [0.29, 0.717) is 102 Å². The van der Waals surface area contributed by atoms with Crippen molar-refractivity contribution in [2.75, 3.05) is 99.8 Å². The van der Waals surface area contributed by atoms with Crippen LogP contribution in [0, 0.1) is 23.7 Å². The van der Waals surface area contributed by atoms with Gasteiger partial charge in [0.05, 0.1) is 59.0 Å². The summed E-state index contributed by atoms with van der Waals surface area (Å²) in [5, 5.41) is 18.9. The summed E-state index contributed by atoms with van der Waals surface area (Å²) in [4.78, 5) is 108. The van der Waals surface area contributed by atoms with E-state index in [0.717, 1.165) is 186 Å². The highest BCUT2D eigenvalue weighted by molar-refractivity contribution is 6.34. The number of nitrogens with one attached hydrogen (secondary N) is 5. The molecule has 5 N–H and O–H groups in total. The average Bonchev–Trinajstić information content (AvgIpc) is 1.22. The standard InChI is InChI=1S/2C25H27ClN6O.C24H25ClN6O.C23H24ClN7O/c1-3-16-7-10-32(11-8-16)25-28-15-21(26)23(30-25)29-19-4-5-22-18(12-19)13-20(24(33)31(22)2)17-6-9-27-14-17;1-3-17-8-12-32(13-9-17)25-27-16-20(26)23(29-25)28-19-6-7-21-18(14-19)15-22(24(33)30(21)2)31-10-4-5-11-31;1-16-7-11-31(12-8-16)24-26-15-19(25)22(28-24)27-18-5-6-20-17(13-18)14-21(23(32)29(20)2)30-9-3-4-10-30;1-14-5-9-31(10-6-14)23-27-13-18(24)21(29-23)28-16-3-4-19-15(11-16)12-17(22(32)30(19)2)20-25-7-8-26-20/h4-6,12-16H,3,7-11H2,1-2H3,(H,28,29,30);4-7,10-11,14-17H,3,8-9,12-13H2,1-2H3,(H,27,28,29);3-6,9-10,13-16H,7-8,11-12H2,1-2H3,(H,26,27,28);3-4,7-8,11-14H,5-6,9-10H2,1-2H3,(H,25,26)(H,27,28,29). The zero-order valence-electron chi connectivity index (χ0n) is 73.8. The van der Waals surface area contributed by atoms with E-state index in [4.69, 9.17) is 61.4 Å². The van der Waals surface area contributed by atoms with Crippen LogP contribution in [0.15, 0.2) is 214 Å². The third kappa shape index (κ3) is 19.7. The van der Waals surface area contributed by atoms with E-state index in [1.54, 1.807) is 89.9 Å². The van der Waals surface area contributed by atoms with E-state index in [9.17, 15) is 19.2 Å². The number of hydrogen-bond acceptors (Lipinski definition) is 22. The van der Waals surface area contributed by atoms with Gasteiger partial charge in [-0.1, -0.05) is 93.0 Å². The van der Waals surface area contributed by atoms with Gasteiger partial charge >= 0.3 is 0 Å². The minimum absolute atomic E-state index is 0.0295. The minimum atomic E-state index is -0.104. The summed E-state index contributed by atoms with van der Waals surface area (Å²) in [7, 11) is 7.14. The van der Waals surface area contributed by atoms with E-state index in [1.165, 1.54) is 25.7 Å². The molecule has 4 saturated heterocycles. The molecular formula is C97H103Cl4N25O4. The monoisotopic (exact) mass is 1820 g/mol. The second-order valence-electron chi connectivity index (χ2n) is 34.0. The first kappa shape index (κ1) is 88.8. The maximum absolute atomic E-state index is 12.8. The van der Waals surface area contributed by atoms with Crippen molar-refractivity contribution in [1.29, 1.82) is 0 Å². The number of nitrogens with zero attached hydrogens (tertiary/aromatic N) is 20. The lowest BCUT2D eigenvalue weighted by Gasteiger charge is -2.31. The number of aliphatic imine (C=N–C) groups is 1. The quantitative estimate of drug-likeness (QED) is 0.0533. The Morgan fingerprint density at radius 3 is 1.02 bits per heavy atom. The number of pyridine rings is 4. The predicted molar refractivity (Wildman–Crippen MR) is 527 cm³/mol. The van der Waals surface area contributed by atoms with Crippen molar-refractivity contribution < 1.29 is 0 Å². The van der Waals surface area contributed by atoms with Crippen LogP contribution in [0.3, 0.4) is 0 Å². The number of halogens is 4. The largest absolute Gasteiger partial charge is 0.344 e. The topological polar surface area (TPSA) is 303 Å². The van der Waals surface area contributed by atoms with Crippen molar-refractivity contribution in [2.45, 2.75) is 91.9 Å². The van der Waals surface area contributed by atoms with Crippen LogP contribution in [-0.2, 0) is 28.2 Å². The summed E-state index contributed by atoms with van der Waals surface area (Å²) in [6.45, 7) is 17.3. The molecule has 0 atom stereocenters. The summed E-state index contributed by atoms with van der Waals surface area (Å²) in [5.74, 6) is 8.67. The number of aromatic nitrogens is 16. The molecular weight excluding hydrogens is 1720 g/mol. The Balaban J connectivity index is 0.000000121. The molecule has 5 aliphatic rings. The number of fused-ring (bicyclic) bond motifs is 4. The Bertz CT molecular complexity index is 6760. The first-order valence-electron chi connectivity index (χ1n) is 44.3. The van der Waals surface area contributed by atoms with E-state index in [-0.39, 0.29) is 22.2 Å². The maximum atomic E-state index is 12.8. The number of H-pyrrole nitrogens is 1. The number of rotatable bonds is 18. The third-order valence-electron chi connectivity index (χ3n) is 25.4. The second-order valence-corrected chi connectivity index (χ2v) is 35.6. The molecule has 4 fully saturated rings. The first-order valence-corrected chi connectivity index (χ1v) is 45.8. The first-order chi connectivity index (χ1) is 63.0. The molecule has 33 heteroatoms. The molecule has 0 amide bonds. The van der Waals surface area contributed by atoms with Crippen LogP contribution in [0.5, 0.6) is 0 Å². The van der Waals surface area contributed by atoms with Crippen molar-refractivity contribution in [3.8, 4) is 22.8 Å². The van der Waals surface area contributed by atoms with Gasteiger partial charge in [-0.25, -0.2) is 24.9 Å². The highest BCUT2D eigenvalue weighted by Crippen LogP contribution is 2.37. The Labute approximate surface area is 771 Å². The van der Waals surface area contributed by atoms with Crippen LogP contribution in [0.2, 0.25) is 20.1 Å². The van der Waals surface area contributed by atoms with Gasteiger partial charge in [-0.15, -0.1) is 0 Å². The molecule has 11 aromatic heterocycles. The number of aromatic amines is 1. The van der Waals surface area contributed by atoms with Crippen LogP contribution < -0.4 is 63.1 Å². The van der Waals surface area contributed by atoms with Crippen LogP contribution in [0.1, 0.15) is 97.5 Å². The van der Waals surface area contributed by atoms with Crippen molar-refractivity contribution >= 4 is 172 Å². The number of imidazole rings is 1. The fraction of sp³-hybridized carbons (Fsp3) is 0.320. The Kier molecular flexibility index (Phi) is 26.9. The molecule has 0 spiro atoms. The van der Waals surface area contributed by atoms with Crippen LogP contribution >= 0.6 is 46.4 Å². The molecule has 5 aliphatic heterocycles. The summed E-state index contributed by atoms with van der Waals surface area (Å²) < 4.78 is 10.3. The highest BCUT2D eigenvalue weighted by atomic mass is 35.5. The fourth-order valence-electron chi connectivity index (χ4n) is 17.3. The van der Waals surface area contributed by atoms with E-state index in [1.807, 2.05) is 161 Å². The molecule has 16 heterocycles. The third-order valence-corrected chi connectivity index (χ3v) is 26.5. The molecule has 0 aliphatic carbocycles. The number of aryl methyl sites for hydroxylation is 4. The Hall–Kier alpha value is -13.2. The van der Waals surface area contributed by atoms with Gasteiger partial charge in [0.15, 0.2) is 23.3 Å². The number of hydrogen-bond donors (Lipinski definition) is 5. The molecule has 0 radical (unpaired) electrons. The molecule has 668 valence electrons. The predicted octanol–water partition coefficient (Wildman–Crippen LogP) is 19.1. The fourth-order valence-corrected chi connectivity index (χ4v) is 17.9. The maximum Gasteiger partial charge on any atom is 0.275 e. The summed E-state index contributed by atoms with van der Waals surface area (Å²) in [6.07, 6.45) is 32.8. The Morgan fingerprint density at radius 1 is 0.392 bits per heavy atom. The number of piperidine rings is 4. The van der Waals surface area contributed by atoms with Crippen molar-refractivity contribution in [3.63, 3.8) is 0 Å². The van der Waals surface area contributed by atoms with Gasteiger partial charge in [0, 0.05) is 179 Å². The smallest absolute Gasteiger partial charge is 0.275 e. The zero-order chi connectivity index (χ0) is 90.4. The number of anilines is 12. The normalized spacial score (nSPS) is 15.2. The highest BCUT2D eigenvalue weighted by Gasteiger charge is 2.27. The molecule has 29 nitrogen and oxygen atoms in total. The molecule has 15 aromatic rings. The summed E-state index contributed by atoms with van der Waals surface area (Å²) in [6, 6.07) is 38.6. The van der Waals surface area contributed by atoms with Crippen LogP contribution in [0.4, 0.5) is 69.8 Å². The summed E-state index contributed by atoms with van der Waals surface area (Å²) >= 11 is 25.7. The lowest BCUT2D eigenvalue weighted by Crippen LogP contribution is -2.34. The molecule has 0 saturated carbocycles. The molecule has 4 aromatic carbocycles. The minimum Gasteiger partial charge on any atom is -0.344 e. The second kappa shape index (κ2) is 39.4. The van der Waals surface area contributed by atoms with Gasteiger partial charge in [0.2, 0.25) is 23.8 Å². The lowest BCUT2D eigenvalue weighted by molar-refractivity contribution is 0.392. The molecule has 0 unspecified atom stereocenters. The molecule has 0 bridgehead atoms. The van der Waals surface area contributed by atoms with Crippen LogP contribution in [0.25, 0.3) is 71.9 Å². The average molecular weight is 1820 g/mol.